The zero-order chi connectivity index (χ0) is 18.2. The molecule has 2 aromatic rings. The number of hydrogen-bond acceptors (Lipinski definition) is 6. The van der Waals surface area contributed by atoms with Crippen molar-refractivity contribution >= 4 is 42.5 Å². The summed E-state index contributed by atoms with van der Waals surface area (Å²) >= 11 is 1.68. The number of nitrogens with two attached hydrogens (primary N) is 1. The minimum Gasteiger partial charge on any atom is -0.366 e. The van der Waals surface area contributed by atoms with E-state index in [0.717, 1.165) is 18.7 Å². The lowest BCUT2D eigenvalue weighted by Gasteiger charge is -2.29. The normalized spacial score (nSPS) is 15.9. The number of sulfonamides is 1. The van der Waals surface area contributed by atoms with Crippen molar-refractivity contribution < 1.29 is 16.8 Å². The highest BCUT2D eigenvalue weighted by Crippen LogP contribution is 2.32. The lowest BCUT2D eigenvalue weighted by Crippen LogP contribution is -2.29. The molecule has 1 aromatic heterocycles. The largest absolute Gasteiger partial charge is 0.366 e. The van der Waals surface area contributed by atoms with Crippen molar-refractivity contribution in [2.75, 3.05) is 24.2 Å². The molecule has 0 saturated heterocycles. The van der Waals surface area contributed by atoms with E-state index in [1.54, 1.807) is 11.3 Å². The molecule has 9 heteroatoms. The molecule has 0 spiro atoms. The highest BCUT2D eigenvalue weighted by atomic mass is 32.2. The van der Waals surface area contributed by atoms with E-state index in [-0.39, 0.29) is 9.79 Å². The summed E-state index contributed by atoms with van der Waals surface area (Å²) in [5.74, 6) is 0. The van der Waals surface area contributed by atoms with Gasteiger partial charge in [0.05, 0.1) is 15.5 Å². The number of nitrogens with zero attached hydrogens (tertiary/aromatic N) is 1. The van der Waals surface area contributed by atoms with Gasteiger partial charge >= 0.3 is 0 Å². The minimum atomic E-state index is -3.96. The molecule has 2 N–H and O–H groups in total. The third-order valence-corrected chi connectivity index (χ3v) is 7.03. The van der Waals surface area contributed by atoms with E-state index in [1.807, 2.05) is 16.3 Å². The fourth-order valence-corrected chi connectivity index (χ4v) is 5.13. The van der Waals surface area contributed by atoms with Crippen molar-refractivity contribution in [2.24, 2.45) is 5.14 Å². The van der Waals surface area contributed by atoms with Crippen LogP contribution in [0.15, 0.2) is 51.6 Å². The summed E-state index contributed by atoms with van der Waals surface area (Å²) in [5, 5.41) is 7.15. The fraction of sp³-hybridized carbons (Fsp3) is 0.250. The van der Waals surface area contributed by atoms with E-state index in [2.05, 4.69) is 12.1 Å². The Kier molecular flexibility index (Phi) is 4.76. The van der Waals surface area contributed by atoms with Gasteiger partial charge in [-0.2, -0.15) is 0 Å². The Bertz CT molecular complexity index is 1020. The molecule has 0 radical (unpaired) electrons. The van der Waals surface area contributed by atoms with Crippen molar-refractivity contribution in [1.29, 1.82) is 0 Å². The van der Waals surface area contributed by atoms with Gasteiger partial charge in [-0.1, -0.05) is 12.1 Å². The summed E-state index contributed by atoms with van der Waals surface area (Å²) in [6.45, 7) is 1.21. The van der Waals surface area contributed by atoms with E-state index in [4.69, 9.17) is 5.14 Å². The Hall–Kier alpha value is -1.68. The molecule has 25 heavy (non-hydrogen) atoms. The maximum absolute atomic E-state index is 12.2. The smallest absolute Gasteiger partial charge is 0.238 e. The number of rotatable bonds is 4. The molecule has 6 nitrogen and oxygen atoms in total. The molecule has 3 rings (SSSR count). The first kappa shape index (κ1) is 18.1. The molecule has 0 unspecified atom stereocenters. The summed E-state index contributed by atoms with van der Waals surface area (Å²) in [4.78, 5) is 2.92. The van der Waals surface area contributed by atoms with Crippen molar-refractivity contribution in [2.45, 2.75) is 16.2 Å². The number of anilines is 1. The number of benzene rings is 1. The first-order valence-corrected chi connectivity index (χ1v) is 11.8. The summed E-state index contributed by atoms with van der Waals surface area (Å²) in [5.41, 5.74) is 1.74. The standard InChI is InChI=1S/C16H18N2O4S3/c1-24(19,20)16-11-13(25(17,21)22)4-5-14(16)18-8-6-12(7-9-18)15-3-2-10-23-15/h2-6,10-11H,7-9H2,1H3,(H2,17,21,22). The van der Waals surface area contributed by atoms with Crippen LogP contribution < -0.4 is 10.0 Å². The van der Waals surface area contributed by atoms with Crippen molar-refractivity contribution in [1.82, 2.24) is 0 Å². The van der Waals surface area contributed by atoms with E-state index < -0.39 is 19.9 Å². The molecule has 0 aliphatic carbocycles. The lowest BCUT2D eigenvalue weighted by molar-refractivity contribution is 0.597. The van der Waals surface area contributed by atoms with Crippen LogP contribution in [0.3, 0.4) is 0 Å². The van der Waals surface area contributed by atoms with Gasteiger partial charge in [0.25, 0.3) is 0 Å². The van der Waals surface area contributed by atoms with Gasteiger partial charge < -0.3 is 4.90 Å². The van der Waals surface area contributed by atoms with Crippen LogP contribution in [0.25, 0.3) is 5.57 Å². The van der Waals surface area contributed by atoms with Crippen LogP contribution in [0.2, 0.25) is 0 Å². The molecule has 1 aliphatic rings. The number of thiophene rings is 1. The molecular weight excluding hydrogens is 380 g/mol. The second-order valence-electron chi connectivity index (χ2n) is 5.85. The lowest BCUT2D eigenvalue weighted by atomic mass is 10.1. The van der Waals surface area contributed by atoms with Crippen LogP contribution in [-0.4, -0.2) is 36.2 Å². The van der Waals surface area contributed by atoms with Gasteiger partial charge in [-0.15, -0.1) is 11.3 Å². The van der Waals surface area contributed by atoms with Crippen molar-refractivity contribution in [3.63, 3.8) is 0 Å². The van der Waals surface area contributed by atoms with Crippen LogP contribution >= 0.6 is 11.3 Å². The molecule has 0 fully saturated rings. The van der Waals surface area contributed by atoms with Gasteiger partial charge in [0.15, 0.2) is 9.84 Å². The van der Waals surface area contributed by atoms with Gasteiger partial charge in [-0.3, -0.25) is 0 Å². The maximum Gasteiger partial charge on any atom is 0.238 e. The van der Waals surface area contributed by atoms with Gasteiger partial charge in [-0.25, -0.2) is 22.0 Å². The molecular formula is C16H18N2O4S3. The topological polar surface area (TPSA) is 97.5 Å². The first-order valence-electron chi connectivity index (χ1n) is 7.51. The zero-order valence-corrected chi connectivity index (χ0v) is 16.0. The second-order valence-corrected chi connectivity index (χ2v) is 10.3. The average molecular weight is 399 g/mol. The summed E-state index contributed by atoms with van der Waals surface area (Å²) in [7, 11) is -7.57. The fourth-order valence-electron chi connectivity index (χ4n) is 2.80. The van der Waals surface area contributed by atoms with Crippen LogP contribution in [0.5, 0.6) is 0 Å². The van der Waals surface area contributed by atoms with Gasteiger partial charge in [0.1, 0.15) is 0 Å². The Balaban J connectivity index is 1.98. The molecule has 1 aliphatic heterocycles. The molecule has 0 atom stereocenters. The Morgan fingerprint density at radius 3 is 2.44 bits per heavy atom. The number of primary sulfonamides is 1. The Morgan fingerprint density at radius 1 is 1.16 bits per heavy atom. The molecule has 134 valence electrons. The van der Waals surface area contributed by atoms with E-state index in [1.165, 1.54) is 22.6 Å². The molecule has 1 aromatic carbocycles. The van der Waals surface area contributed by atoms with Crippen LogP contribution in [0.4, 0.5) is 5.69 Å². The van der Waals surface area contributed by atoms with Crippen LogP contribution in [-0.2, 0) is 19.9 Å². The average Bonchev–Trinajstić information content (AvgIpc) is 3.07. The van der Waals surface area contributed by atoms with Crippen LogP contribution in [0.1, 0.15) is 11.3 Å². The number of sulfone groups is 1. The Labute approximate surface area is 151 Å². The second kappa shape index (κ2) is 6.56. The van der Waals surface area contributed by atoms with Crippen molar-refractivity contribution in [3.8, 4) is 0 Å². The van der Waals surface area contributed by atoms with E-state index in [0.29, 0.717) is 18.8 Å². The summed E-state index contributed by atoms with van der Waals surface area (Å²) in [6.07, 6.45) is 3.94. The Morgan fingerprint density at radius 2 is 1.92 bits per heavy atom. The molecule has 0 saturated carbocycles. The monoisotopic (exact) mass is 398 g/mol. The predicted molar refractivity (Wildman–Crippen MR) is 100 cm³/mol. The van der Waals surface area contributed by atoms with Gasteiger partial charge in [0, 0.05) is 24.2 Å². The van der Waals surface area contributed by atoms with E-state index >= 15 is 0 Å². The minimum absolute atomic E-state index is 0.0213. The molecule has 2 heterocycles. The highest BCUT2D eigenvalue weighted by Gasteiger charge is 2.23. The molecule has 0 bridgehead atoms. The summed E-state index contributed by atoms with van der Waals surface area (Å²) < 4.78 is 47.4. The van der Waals surface area contributed by atoms with Gasteiger partial charge in [0.2, 0.25) is 10.0 Å². The van der Waals surface area contributed by atoms with Crippen LogP contribution in [0, 0.1) is 0 Å². The molecule has 0 amide bonds. The zero-order valence-electron chi connectivity index (χ0n) is 13.5. The third-order valence-electron chi connectivity index (χ3n) is 4.05. The van der Waals surface area contributed by atoms with Gasteiger partial charge in [-0.05, 0) is 41.6 Å². The summed E-state index contributed by atoms with van der Waals surface area (Å²) in [6, 6.07) is 8.06. The third kappa shape index (κ3) is 3.95. The number of hydrogen-bond donors (Lipinski definition) is 1. The maximum atomic E-state index is 12.2. The SMILES string of the molecule is CS(=O)(=O)c1cc(S(N)(=O)=O)ccc1N1CC=C(c2cccs2)CC1. The predicted octanol–water partition coefficient (Wildman–Crippen LogP) is 2.09. The van der Waals surface area contributed by atoms with Crippen molar-refractivity contribution in [3.05, 3.63) is 46.7 Å². The van der Waals surface area contributed by atoms with E-state index in [9.17, 15) is 16.8 Å². The highest BCUT2D eigenvalue weighted by molar-refractivity contribution is 7.91. The first-order chi connectivity index (χ1) is 11.7. The quantitative estimate of drug-likeness (QED) is 0.850.